The molecule has 16 heavy (non-hydrogen) atoms. The Labute approximate surface area is 99.1 Å². The van der Waals surface area contributed by atoms with Gasteiger partial charge in [-0.15, -0.1) is 12.4 Å². The molecule has 0 amide bonds. The second-order valence-electron chi connectivity index (χ2n) is 3.73. The molecular weight excluding hydrogens is 233 g/mol. The number of benzene rings is 1. The maximum atomic E-state index is 13.6. The lowest BCUT2D eigenvalue weighted by atomic mass is 9.90. The van der Waals surface area contributed by atoms with Crippen LogP contribution in [0, 0.1) is 12.7 Å². The molecule has 0 saturated heterocycles. The molecule has 2 N–H and O–H groups in total. The molecule has 0 fully saturated rings. The summed E-state index contributed by atoms with van der Waals surface area (Å²) in [7, 11) is 0. The minimum atomic E-state index is -1.03. The summed E-state index contributed by atoms with van der Waals surface area (Å²) in [6, 6.07) is 2.11. The molecule has 1 aliphatic rings. The van der Waals surface area contributed by atoms with Crippen LogP contribution in [0.2, 0.25) is 0 Å². The maximum absolute atomic E-state index is 13.6. The first-order valence-electron chi connectivity index (χ1n) is 4.85. The van der Waals surface area contributed by atoms with Crippen LogP contribution in [0.25, 0.3) is 0 Å². The average molecular weight is 246 g/mol. The Morgan fingerprint density at radius 2 is 2.25 bits per heavy atom. The second-order valence-corrected chi connectivity index (χ2v) is 3.73. The summed E-state index contributed by atoms with van der Waals surface area (Å²) in [5.74, 6) is -1.46. The number of hydrogen-bond donors (Lipinski definition) is 2. The summed E-state index contributed by atoms with van der Waals surface area (Å²) in [6.07, 6.45) is 0.683. The highest BCUT2D eigenvalue weighted by Crippen LogP contribution is 2.28. The molecule has 0 bridgehead atoms. The zero-order valence-corrected chi connectivity index (χ0v) is 9.60. The SMILES string of the molecule is Cc1ccc(F)c2c1CCNC2C(=O)O.Cl. The van der Waals surface area contributed by atoms with E-state index < -0.39 is 17.8 Å². The van der Waals surface area contributed by atoms with Crippen molar-refractivity contribution in [1.82, 2.24) is 5.32 Å². The van der Waals surface area contributed by atoms with Gasteiger partial charge < -0.3 is 10.4 Å². The number of carboxylic acids is 1. The summed E-state index contributed by atoms with van der Waals surface area (Å²) in [4.78, 5) is 11.0. The Balaban J connectivity index is 0.00000128. The summed E-state index contributed by atoms with van der Waals surface area (Å²) < 4.78 is 13.6. The van der Waals surface area contributed by atoms with Gasteiger partial charge in [-0.1, -0.05) is 6.07 Å². The van der Waals surface area contributed by atoms with Crippen molar-refractivity contribution in [3.8, 4) is 0 Å². The zero-order chi connectivity index (χ0) is 11.0. The summed E-state index contributed by atoms with van der Waals surface area (Å²) in [5, 5.41) is 11.8. The monoisotopic (exact) mass is 245 g/mol. The molecule has 0 radical (unpaired) electrons. The van der Waals surface area contributed by atoms with Gasteiger partial charge in [0.15, 0.2) is 0 Å². The first-order valence-corrected chi connectivity index (χ1v) is 4.85. The molecule has 5 heteroatoms. The van der Waals surface area contributed by atoms with Gasteiger partial charge >= 0.3 is 5.97 Å². The quantitative estimate of drug-likeness (QED) is 0.794. The Morgan fingerprint density at radius 3 is 2.88 bits per heavy atom. The molecule has 0 spiro atoms. The van der Waals surface area contributed by atoms with E-state index in [0.717, 1.165) is 11.1 Å². The Morgan fingerprint density at radius 1 is 1.56 bits per heavy atom. The number of carbonyl (C=O) groups is 1. The predicted molar refractivity (Wildman–Crippen MR) is 60.5 cm³/mol. The van der Waals surface area contributed by atoms with Crippen molar-refractivity contribution in [3.63, 3.8) is 0 Å². The summed E-state index contributed by atoms with van der Waals surface area (Å²) in [6.45, 7) is 2.46. The van der Waals surface area contributed by atoms with Crippen molar-refractivity contribution in [1.29, 1.82) is 0 Å². The third kappa shape index (κ3) is 2.03. The first-order chi connectivity index (χ1) is 7.11. The fourth-order valence-corrected chi connectivity index (χ4v) is 2.04. The summed E-state index contributed by atoms with van der Waals surface area (Å²) in [5.41, 5.74) is 2.09. The topological polar surface area (TPSA) is 49.3 Å². The molecule has 0 saturated carbocycles. The van der Waals surface area contributed by atoms with E-state index in [0.29, 0.717) is 18.5 Å². The molecule has 88 valence electrons. The number of carboxylic acid groups (broad SMARTS) is 1. The minimum absolute atomic E-state index is 0. The minimum Gasteiger partial charge on any atom is -0.480 e. The molecule has 1 atom stereocenters. The number of nitrogens with one attached hydrogen (secondary N) is 1. The van der Waals surface area contributed by atoms with Crippen molar-refractivity contribution in [3.05, 3.63) is 34.6 Å². The number of rotatable bonds is 1. The summed E-state index contributed by atoms with van der Waals surface area (Å²) >= 11 is 0. The largest absolute Gasteiger partial charge is 0.480 e. The van der Waals surface area contributed by atoms with Gasteiger partial charge in [0.2, 0.25) is 0 Å². The third-order valence-electron chi connectivity index (χ3n) is 2.80. The zero-order valence-electron chi connectivity index (χ0n) is 8.79. The maximum Gasteiger partial charge on any atom is 0.325 e. The van der Waals surface area contributed by atoms with Gasteiger partial charge in [-0.2, -0.15) is 0 Å². The molecular formula is C11H13ClFNO2. The van der Waals surface area contributed by atoms with Crippen LogP contribution >= 0.6 is 12.4 Å². The van der Waals surface area contributed by atoms with E-state index in [1.54, 1.807) is 6.07 Å². The lowest BCUT2D eigenvalue weighted by Crippen LogP contribution is -2.36. The van der Waals surface area contributed by atoms with Crippen LogP contribution in [-0.4, -0.2) is 17.6 Å². The lowest BCUT2D eigenvalue weighted by Gasteiger charge is -2.25. The van der Waals surface area contributed by atoms with Crippen molar-refractivity contribution >= 4 is 18.4 Å². The molecule has 3 nitrogen and oxygen atoms in total. The van der Waals surface area contributed by atoms with E-state index in [9.17, 15) is 9.18 Å². The van der Waals surface area contributed by atoms with Crippen molar-refractivity contribution in [2.75, 3.05) is 6.54 Å². The fraction of sp³-hybridized carbons (Fsp3) is 0.364. The van der Waals surface area contributed by atoms with Crippen LogP contribution < -0.4 is 5.32 Å². The number of aryl methyl sites for hydroxylation is 1. The highest BCUT2D eigenvalue weighted by atomic mass is 35.5. The highest BCUT2D eigenvalue weighted by Gasteiger charge is 2.29. The molecule has 2 rings (SSSR count). The van der Waals surface area contributed by atoms with E-state index >= 15 is 0 Å². The van der Waals surface area contributed by atoms with E-state index in [1.807, 2.05) is 6.92 Å². The number of hydrogen-bond acceptors (Lipinski definition) is 2. The van der Waals surface area contributed by atoms with Crippen LogP contribution in [0.3, 0.4) is 0 Å². The fourth-order valence-electron chi connectivity index (χ4n) is 2.04. The van der Waals surface area contributed by atoms with Gasteiger partial charge in [-0.05, 0) is 30.5 Å². The number of fused-ring (bicyclic) bond motifs is 1. The van der Waals surface area contributed by atoms with Gasteiger partial charge in [0.25, 0.3) is 0 Å². The van der Waals surface area contributed by atoms with E-state index in [2.05, 4.69) is 5.32 Å². The lowest BCUT2D eigenvalue weighted by molar-refractivity contribution is -0.139. The van der Waals surface area contributed by atoms with Crippen molar-refractivity contribution in [2.24, 2.45) is 0 Å². The molecule has 1 aliphatic heterocycles. The van der Waals surface area contributed by atoms with E-state index in [4.69, 9.17) is 5.11 Å². The molecule has 1 aromatic carbocycles. The van der Waals surface area contributed by atoms with E-state index in [-0.39, 0.29) is 12.4 Å². The highest BCUT2D eigenvalue weighted by molar-refractivity contribution is 5.85. The predicted octanol–water partition coefficient (Wildman–Crippen LogP) is 1.83. The van der Waals surface area contributed by atoms with Crippen LogP contribution in [0.15, 0.2) is 12.1 Å². The Hall–Kier alpha value is -1.13. The van der Waals surface area contributed by atoms with Gasteiger partial charge in [0, 0.05) is 12.1 Å². The molecule has 0 aliphatic carbocycles. The molecule has 1 aromatic rings. The van der Waals surface area contributed by atoms with Crippen LogP contribution in [0.4, 0.5) is 4.39 Å². The van der Waals surface area contributed by atoms with Crippen LogP contribution in [0.5, 0.6) is 0 Å². The van der Waals surface area contributed by atoms with Gasteiger partial charge in [0.1, 0.15) is 11.9 Å². The molecule has 1 unspecified atom stereocenters. The van der Waals surface area contributed by atoms with Crippen molar-refractivity contribution in [2.45, 2.75) is 19.4 Å². The third-order valence-corrected chi connectivity index (χ3v) is 2.80. The normalized spacial score (nSPS) is 18.5. The first kappa shape index (κ1) is 12.9. The van der Waals surface area contributed by atoms with Crippen LogP contribution in [0.1, 0.15) is 22.7 Å². The second kappa shape index (κ2) is 4.80. The van der Waals surface area contributed by atoms with Crippen LogP contribution in [-0.2, 0) is 11.2 Å². The molecule has 1 heterocycles. The number of halogens is 2. The standard InChI is InChI=1S/C11H12FNO2.ClH/c1-6-2-3-8(12)9-7(6)4-5-13-10(9)11(14)15;/h2-3,10,13H,4-5H2,1H3,(H,14,15);1H. The Bertz CT molecular complexity index is 423. The molecule has 0 aromatic heterocycles. The van der Waals surface area contributed by atoms with E-state index in [1.165, 1.54) is 6.07 Å². The Kier molecular flexibility index (Phi) is 3.88. The average Bonchev–Trinajstić information content (AvgIpc) is 2.23. The smallest absolute Gasteiger partial charge is 0.325 e. The van der Waals surface area contributed by atoms with Gasteiger partial charge in [-0.3, -0.25) is 4.79 Å². The van der Waals surface area contributed by atoms with Gasteiger partial charge in [0.05, 0.1) is 0 Å². The number of aliphatic carboxylic acids is 1. The van der Waals surface area contributed by atoms with Crippen molar-refractivity contribution < 1.29 is 14.3 Å². The van der Waals surface area contributed by atoms with Gasteiger partial charge in [-0.25, -0.2) is 4.39 Å².